The third kappa shape index (κ3) is 3.44. The van der Waals surface area contributed by atoms with Crippen molar-refractivity contribution in [2.24, 2.45) is 0 Å². The van der Waals surface area contributed by atoms with Gasteiger partial charge in [0.2, 0.25) is 0 Å². The molecule has 0 aliphatic carbocycles. The van der Waals surface area contributed by atoms with E-state index in [4.69, 9.17) is 23.2 Å². The molecule has 0 bridgehead atoms. The number of hydrogen-bond donors (Lipinski definition) is 1. The summed E-state index contributed by atoms with van der Waals surface area (Å²) in [7, 11) is 0. The van der Waals surface area contributed by atoms with Crippen LogP contribution in [-0.2, 0) is 6.54 Å². The summed E-state index contributed by atoms with van der Waals surface area (Å²) in [5.41, 5.74) is 4.40. The number of hydrogen-bond acceptors (Lipinski definition) is 1. The van der Waals surface area contributed by atoms with Gasteiger partial charge in [-0.15, -0.1) is 0 Å². The van der Waals surface area contributed by atoms with Crippen LogP contribution in [0.15, 0.2) is 34.8 Å². The average molecular weight is 359 g/mol. The first-order chi connectivity index (χ1) is 8.99. The second-order valence-electron chi connectivity index (χ2n) is 4.49. The summed E-state index contributed by atoms with van der Waals surface area (Å²) in [6.07, 6.45) is 0. The number of benzene rings is 2. The Morgan fingerprint density at radius 1 is 1.11 bits per heavy atom. The SMILES string of the molecule is Cc1cc(C)c(NCc2c(Cl)cccc2Cl)c(Br)c1. The Labute approximate surface area is 132 Å². The molecule has 0 fully saturated rings. The molecule has 100 valence electrons. The number of halogens is 3. The van der Waals surface area contributed by atoms with Crippen molar-refractivity contribution in [3.63, 3.8) is 0 Å². The molecule has 1 nitrogen and oxygen atoms in total. The average Bonchev–Trinajstić information content (AvgIpc) is 2.31. The quantitative estimate of drug-likeness (QED) is 0.710. The molecule has 0 aromatic heterocycles. The van der Waals surface area contributed by atoms with E-state index in [1.807, 2.05) is 18.2 Å². The second kappa shape index (κ2) is 6.17. The first-order valence-corrected chi connectivity index (χ1v) is 7.47. The summed E-state index contributed by atoms with van der Waals surface area (Å²) < 4.78 is 1.05. The molecule has 4 heteroatoms. The minimum Gasteiger partial charge on any atom is -0.380 e. The maximum atomic E-state index is 6.16. The fourth-order valence-electron chi connectivity index (χ4n) is 2.02. The van der Waals surface area contributed by atoms with Crippen molar-refractivity contribution >= 4 is 44.8 Å². The van der Waals surface area contributed by atoms with Crippen LogP contribution in [0.1, 0.15) is 16.7 Å². The highest BCUT2D eigenvalue weighted by Crippen LogP contribution is 2.30. The summed E-state index contributed by atoms with van der Waals surface area (Å²) >= 11 is 15.9. The van der Waals surface area contributed by atoms with E-state index in [1.165, 1.54) is 11.1 Å². The molecule has 0 heterocycles. The van der Waals surface area contributed by atoms with Gasteiger partial charge in [-0.2, -0.15) is 0 Å². The topological polar surface area (TPSA) is 12.0 Å². The van der Waals surface area contributed by atoms with E-state index < -0.39 is 0 Å². The lowest BCUT2D eigenvalue weighted by atomic mass is 10.1. The zero-order chi connectivity index (χ0) is 14.0. The fraction of sp³-hybridized carbons (Fsp3) is 0.200. The summed E-state index contributed by atoms with van der Waals surface area (Å²) in [4.78, 5) is 0. The molecule has 0 saturated heterocycles. The van der Waals surface area contributed by atoms with Gasteiger partial charge in [0.25, 0.3) is 0 Å². The zero-order valence-corrected chi connectivity index (χ0v) is 13.8. The largest absolute Gasteiger partial charge is 0.380 e. The van der Waals surface area contributed by atoms with Gasteiger partial charge in [-0.1, -0.05) is 35.3 Å². The molecular formula is C15H14BrCl2N. The first kappa shape index (κ1) is 14.7. The van der Waals surface area contributed by atoms with Crippen LogP contribution in [0.5, 0.6) is 0 Å². The Hall–Kier alpha value is -0.700. The molecule has 0 spiro atoms. The number of aryl methyl sites for hydroxylation is 2. The lowest BCUT2D eigenvalue weighted by Crippen LogP contribution is -2.03. The Morgan fingerprint density at radius 2 is 1.74 bits per heavy atom. The van der Waals surface area contributed by atoms with Crippen LogP contribution in [-0.4, -0.2) is 0 Å². The Kier molecular flexibility index (Phi) is 4.77. The van der Waals surface area contributed by atoms with Gasteiger partial charge in [-0.3, -0.25) is 0 Å². The van der Waals surface area contributed by atoms with E-state index in [0.29, 0.717) is 16.6 Å². The van der Waals surface area contributed by atoms with Crippen molar-refractivity contribution in [2.45, 2.75) is 20.4 Å². The highest BCUT2D eigenvalue weighted by molar-refractivity contribution is 9.10. The van der Waals surface area contributed by atoms with Crippen LogP contribution >= 0.6 is 39.1 Å². The normalized spacial score (nSPS) is 10.6. The third-order valence-corrected chi connectivity index (χ3v) is 4.27. The van der Waals surface area contributed by atoms with Crippen LogP contribution in [0.25, 0.3) is 0 Å². The predicted molar refractivity (Wildman–Crippen MR) is 87.4 cm³/mol. The fourth-order valence-corrected chi connectivity index (χ4v) is 3.36. The molecule has 0 saturated carbocycles. The molecule has 2 rings (SSSR count). The highest BCUT2D eigenvalue weighted by Gasteiger charge is 2.08. The molecule has 0 unspecified atom stereocenters. The summed E-state index contributed by atoms with van der Waals surface area (Å²) in [6, 6.07) is 9.77. The predicted octanol–water partition coefficient (Wildman–Crippen LogP) is 5.98. The van der Waals surface area contributed by atoms with Crippen molar-refractivity contribution in [2.75, 3.05) is 5.32 Å². The van der Waals surface area contributed by atoms with Gasteiger partial charge < -0.3 is 5.32 Å². The van der Waals surface area contributed by atoms with Crippen molar-refractivity contribution in [1.29, 1.82) is 0 Å². The van der Waals surface area contributed by atoms with E-state index in [2.05, 4.69) is 47.2 Å². The van der Waals surface area contributed by atoms with Crippen molar-refractivity contribution in [3.8, 4) is 0 Å². The second-order valence-corrected chi connectivity index (χ2v) is 6.16. The molecule has 2 aromatic carbocycles. The molecule has 0 radical (unpaired) electrons. The monoisotopic (exact) mass is 357 g/mol. The number of nitrogens with one attached hydrogen (secondary N) is 1. The minimum absolute atomic E-state index is 0.598. The van der Waals surface area contributed by atoms with E-state index in [-0.39, 0.29) is 0 Å². The first-order valence-electron chi connectivity index (χ1n) is 5.92. The lowest BCUT2D eigenvalue weighted by molar-refractivity contribution is 1.13. The van der Waals surface area contributed by atoms with Crippen molar-refractivity contribution in [1.82, 2.24) is 0 Å². The number of rotatable bonds is 3. The molecule has 0 aliphatic rings. The smallest absolute Gasteiger partial charge is 0.0517 e. The van der Waals surface area contributed by atoms with Gasteiger partial charge in [0.05, 0.1) is 5.69 Å². The van der Waals surface area contributed by atoms with Crippen LogP contribution in [0.4, 0.5) is 5.69 Å². The van der Waals surface area contributed by atoms with Gasteiger partial charge in [-0.05, 0) is 59.1 Å². The molecule has 19 heavy (non-hydrogen) atoms. The van der Waals surface area contributed by atoms with E-state index in [1.54, 1.807) is 0 Å². The van der Waals surface area contributed by atoms with Gasteiger partial charge in [0, 0.05) is 26.6 Å². The maximum absolute atomic E-state index is 6.16. The Morgan fingerprint density at radius 3 is 2.32 bits per heavy atom. The molecule has 0 atom stereocenters. The van der Waals surface area contributed by atoms with Crippen LogP contribution in [0.3, 0.4) is 0 Å². The minimum atomic E-state index is 0.598. The van der Waals surface area contributed by atoms with E-state index in [9.17, 15) is 0 Å². The lowest BCUT2D eigenvalue weighted by Gasteiger charge is -2.14. The zero-order valence-electron chi connectivity index (χ0n) is 10.7. The van der Waals surface area contributed by atoms with Crippen molar-refractivity contribution in [3.05, 3.63) is 61.5 Å². The third-order valence-electron chi connectivity index (χ3n) is 2.94. The van der Waals surface area contributed by atoms with Crippen molar-refractivity contribution < 1.29 is 0 Å². The highest BCUT2D eigenvalue weighted by atomic mass is 79.9. The standard InChI is InChI=1S/C15H14BrCl2N/c1-9-6-10(2)15(12(16)7-9)19-8-11-13(17)4-3-5-14(11)18/h3-7,19H,8H2,1-2H3. The van der Waals surface area contributed by atoms with E-state index >= 15 is 0 Å². The molecule has 0 amide bonds. The van der Waals surface area contributed by atoms with Gasteiger partial charge in [0.1, 0.15) is 0 Å². The van der Waals surface area contributed by atoms with Gasteiger partial charge in [0.15, 0.2) is 0 Å². The molecule has 1 N–H and O–H groups in total. The summed E-state index contributed by atoms with van der Waals surface area (Å²) in [6.45, 7) is 4.75. The number of anilines is 1. The Bertz CT molecular complexity index is 568. The van der Waals surface area contributed by atoms with Crippen LogP contribution in [0, 0.1) is 13.8 Å². The summed E-state index contributed by atoms with van der Waals surface area (Å²) in [5, 5.41) is 4.75. The molecular weight excluding hydrogens is 345 g/mol. The molecule has 2 aromatic rings. The molecule has 0 aliphatic heterocycles. The van der Waals surface area contributed by atoms with Crippen LogP contribution < -0.4 is 5.32 Å². The van der Waals surface area contributed by atoms with Crippen LogP contribution in [0.2, 0.25) is 10.0 Å². The van der Waals surface area contributed by atoms with Gasteiger partial charge in [-0.25, -0.2) is 0 Å². The van der Waals surface area contributed by atoms with E-state index in [0.717, 1.165) is 15.7 Å². The van der Waals surface area contributed by atoms with Gasteiger partial charge >= 0.3 is 0 Å². The summed E-state index contributed by atoms with van der Waals surface area (Å²) in [5.74, 6) is 0. The maximum Gasteiger partial charge on any atom is 0.0517 e. The Balaban J connectivity index is 2.24.